The van der Waals surface area contributed by atoms with Crippen LogP contribution in [0.5, 0.6) is 5.75 Å². The fraction of sp³-hybridized carbons (Fsp3) is 0.500. The fourth-order valence-electron chi connectivity index (χ4n) is 2.12. The standard InChI is InChI=1S/C12H18N2O/c1-12(9-13-7-8-14-12)10-5-3-4-6-11(10)15-2/h3-6,13-14H,7-9H2,1-2H3. The lowest BCUT2D eigenvalue weighted by Crippen LogP contribution is -2.55. The van der Waals surface area contributed by atoms with Gasteiger partial charge in [0.25, 0.3) is 0 Å². The maximum Gasteiger partial charge on any atom is 0.123 e. The van der Waals surface area contributed by atoms with Crippen LogP contribution >= 0.6 is 0 Å². The summed E-state index contributed by atoms with van der Waals surface area (Å²) >= 11 is 0. The summed E-state index contributed by atoms with van der Waals surface area (Å²) in [5.74, 6) is 0.955. The molecule has 2 rings (SSSR count). The van der Waals surface area contributed by atoms with Crippen molar-refractivity contribution in [3.05, 3.63) is 29.8 Å². The van der Waals surface area contributed by atoms with Crippen LogP contribution in [0.4, 0.5) is 0 Å². The van der Waals surface area contributed by atoms with Gasteiger partial charge >= 0.3 is 0 Å². The van der Waals surface area contributed by atoms with Crippen LogP contribution in [0.2, 0.25) is 0 Å². The first kappa shape index (κ1) is 10.5. The van der Waals surface area contributed by atoms with Gasteiger partial charge in [0.1, 0.15) is 5.75 Å². The van der Waals surface area contributed by atoms with E-state index in [9.17, 15) is 0 Å². The van der Waals surface area contributed by atoms with Crippen LogP contribution in [0.15, 0.2) is 24.3 Å². The average molecular weight is 206 g/mol. The first-order valence-electron chi connectivity index (χ1n) is 5.35. The van der Waals surface area contributed by atoms with Crippen LogP contribution < -0.4 is 15.4 Å². The molecule has 0 aliphatic carbocycles. The third-order valence-corrected chi connectivity index (χ3v) is 3.00. The number of nitrogens with one attached hydrogen (secondary N) is 2. The predicted molar refractivity (Wildman–Crippen MR) is 61.2 cm³/mol. The minimum Gasteiger partial charge on any atom is -0.496 e. The Labute approximate surface area is 90.8 Å². The number of ether oxygens (including phenoxy) is 1. The predicted octanol–water partition coefficient (Wildman–Crippen LogP) is 1.10. The summed E-state index contributed by atoms with van der Waals surface area (Å²) in [7, 11) is 1.72. The van der Waals surface area contributed by atoms with E-state index in [-0.39, 0.29) is 5.54 Å². The fourth-order valence-corrected chi connectivity index (χ4v) is 2.12. The Bertz CT molecular complexity index is 332. The van der Waals surface area contributed by atoms with Crippen molar-refractivity contribution in [2.45, 2.75) is 12.5 Å². The second-order valence-electron chi connectivity index (χ2n) is 4.14. The molecule has 0 radical (unpaired) electrons. The van der Waals surface area contributed by atoms with Crippen molar-refractivity contribution in [2.75, 3.05) is 26.7 Å². The van der Waals surface area contributed by atoms with E-state index in [1.165, 1.54) is 5.56 Å². The van der Waals surface area contributed by atoms with Gasteiger partial charge in [-0.15, -0.1) is 0 Å². The molecular weight excluding hydrogens is 188 g/mol. The van der Waals surface area contributed by atoms with E-state index in [0.717, 1.165) is 25.4 Å². The number of para-hydroxylation sites is 1. The van der Waals surface area contributed by atoms with Gasteiger partial charge in [-0.05, 0) is 13.0 Å². The highest BCUT2D eigenvalue weighted by atomic mass is 16.5. The van der Waals surface area contributed by atoms with Crippen molar-refractivity contribution in [1.29, 1.82) is 0 Å². The van der Waals surface area contributed by atoms with Crippen molar-refractivity contribution in [3.8, 4) is 5.75 Å². The van der Waals surface area contributed by atoms with Gasteiger partial charge in [-0.1, -0.05) is 18.2 Å². The van der Waals surface area contributed by atoms with Crippen molar-refractivity contribution in [2.24, 2.45) is 0 Å². The molecular formula is C12H18N2O. The van der Waals surface area contributed by atoms with Crippen LogP contribution in [0.3, 0.4) is 0 Å². The third kappa shape index (κ3) is 1.98. The minimum atomic E-state index is -0.0230. The van der Waals surface area contributed by atoms with E-state index in [0.29, 0.717) is 0 Å². The van der Waals surface area contributed by atoms with E-state index >= 15 is 0 Å². The van der Waals surface area contributed by atoms with Gasteiger partial charge in [-0.3, -0.25) is 0 Å². The molecule has 0 spiro atoms. The second-order valence-corrected chi connectivity index (χ2v) is 4.14. The molecule has 15 heavy (non-hydrogen) atoms. The SMILES string of the molecule is COc1ccccc1C1(C)CNCCN1. The molecule has 1 aromatic rings. The summed E-state index contributed by atoms with van der Waals surface area (Å²) in [4.78, 5) is 0. The van der Waals surface area contributed by atoms with E-state index < -0.39 is 0 Å². The van der Waals surface area contributed by atoms with Crippen molar-refractivity contribution < 1.29 is 4.74 Å². The number of rotatable bonds is 2. The van der Waals surface area contributed by atoms with Gasteiger partial charge in [-0.2, -0.15) is 0 Å². The zero-order valence-corrected chi connectivity index (χ0v) is 9.34. The quantitative estimate of drug-likeness (QED) is 0.760. The number of benzene rings is 1. The Hall–Kier alpha value is -1.06. The molecule has 1 fully saturated rings. The molecule has 1 atom stereocenters. The Morgan fingerprint density at radius 3 is 2.73 bits per heavy atom. The van der Waals surface area contributed by atoms with Gasteiger partial charge in [0.05, 0.1) is 12.6 Å². The highest BCUT2D eigenvalue weighted by Crippen LogP contribution is 2.29. The lowest BCUT2D eigenvalue weighted by atomic mass is 9.89. The number of hydrogen-bond acceptors (Lipinski definition) is 3. The second kappa shape index (κ2) is 4.21. The molecule has 0 saturated carbocycles. The van der Waals surface area contributed by atoms with Crippen LogP contribution in [0.1, 0.15) is 12.5 Å². The van der Waals surface area contributed by atoms with Crippen LogP contribution in [0.25, 0.3) is 0 Å². The topological polar surface area (TPSA) is 33.3 Å². The minimum absolute atomic E-state index is 0.0230. The lowest BCUT2D eigenvalue weighted by Gasteiger charge is -2.36. The summed E-state index contributed by atoms with van der Waals surface area (Å²) in [5, 5.41) is 6.95. The summed E-state index contributed by atoms with van der Waals surface area (Å²) in [6, 6.07) is 8.19. The molecule has 0 bridgehead atoms. The van der Waals surface area contributed by atoms with Crippen molar-refractivity contribution >= 4 is 0 Å². The Kier molecular flexibility index (Phi) is 2.93. The molecule has 1 unspecified atom stereocenters. The zero-order valence-electron chi connectivity index (χ0n) is 9.34. The molecule has 1 aliphatic rings. The number of piperazine rings is 1. The average Bonchev–Trinajstić information content (AvgIpc) is 2.30. The van der Waals surface area contributed by atoms with E-state index in [1.54, 1.807) is 7.11 Å². The van der Waals surface area contributed by atoms with Gasteiger partial charge in [0.15, 0.2) is 0 Å². The highest BCUT2D eigenvalue weighted by Gasteiger charge is 2.30. The summed E-state index contributed by atoms with van der Waals surface area (Å²) in [6.07, 6.45) is 0. The molecule has 1 heterocycles. The first-order valence-corrected chi connectivity index (χ1v) is 5.35. The van der Waals surface area contributed by atoms with Gasteiger partial charge in [0.2, 0.25) is 0 Å². The maximum atomic E-state index is 5.40. The van der Waals surface area contributed by atoms with E-state index in [4.69, 9.17) is 4.74 Å². The molecule has 1 aliphatic heterocycles. The molecule has 3 nitrogen and oxygen atoms in total. The van der Waals surface area contributed by atoms with E-state index in [2.05, 4.69) is 29.7 Å². The summed E-state index contributed by atoms with van der Waals surface area (Å²) in [5.41, 5.74) is 1.20. The lowest BCUT2D eigenvalue weighted by molar-refractivity contribution is 0.289. The Morgan fingerprint density at radius 1 is 1.27 bits per heavy atom. The Morgan fingerprint density at radius 2 is 2.07 bits per heavy atom. The van der Waals surface area contributed by atoms with Crippen LogP contribution in [-0.4, -0.2) is 26.7 Å². The van der Waals surface area contributed by atoms with Gasteiger partial charge < -0.3 is 15.4 Å². The van der Waals surface area contributed by atoms with Crippen molar-refractivity contribution in [1.82, 2.24) is 10.6 Å². The molecule has 1 aromatic carbocycles. The van der Waals surface area contributed by atoms with E-state index in [1.807, 2.05) is 12.1 Å². The first-order chi connectivity index (χ1) is 7.26. The van der Waals surface area contributed by atoms with Gasteiger partial charge in [-0.25, -0.2) is 0 Å². The highest BCUT2D eigenvalue weighted by molar-refractivity contribution is 5.39. The van der Waals surface area contributed by atoms with Crippen molar-refractivity contribution in [3.63, 3.8) is 0 Å². The Balaban J connectivity index is 2.34. The molecule has 0 amide bonds. The maximum absolute atomic E-state index is 5.40. The zero-order chi connectivity index (χ0) is 10.7. The normalized spacial score (nSPS) is 26.3. The monoisotopic (exact) mass is 206 g/mol. The number of methoxy groups -OCH3 is 1. The molecule has 3 heteroatoms. The molecule has 0 aromatic heterocycles. The summed E-state index contributed by atoms with van der Waals surface area (Å²) in [6.45, 7) is 5.17. The number of hydrogen-bond donors (Lipinski definition) is 2. The molecule has 82 valence electrons. The largest absolute Gasteiger partial charge is 0.496 e. The van der Waals surface area contributed by atoms with Crippen LogP contribution in [0, 0.1) is 0 Å². The smallest absolute Gasteiger partial charge is 0.123 e. The molecule has 1 saturated heterocycles. The van der Waals surface area contributed by atoms with Crippen LogP contribution in [-0.2, 0) is 5.54 Å². The summed E-state index contributed by atoms with van der Waals surface area (Å²) < 4.78 is 5.40. The van der Waals surface area contributed by atoms with Gasteiger partial charge in [0, 0.05) is 25.2 Å². The molecule has 2 N–H and O–H groups in total. The third-order valence-electron chi connectivity index (χ3n) is 3.00.